The average molecular weight is 486 g/mol. The molecule has 4 aliphatic rings. The number of hydrogen-bond donors (Lipinski definition) is 1. The van der Waals surface area contributed by atoms with Gasteiger partial charge >= 0.3 is 0 Å². The molecular formula is C21H26Br2O3. The van der Waals surface area contributed by atoms with E-state index in [0.717, 1.165) is 32.1 Å². The van der Waals surface area contributed by atoms with E-state index < -0.39 is 9.34 Å². The molecule has 0 aromatic heterocycles. The van der Waals surface area contributed by atoms with Gasteiger partial charge in [-0.15, -0.1) is 0 Å². The normalized spacial score (nSPS) is 47.2. The fourth-order valence-corrected chi connectivity index (χ4v) is 7.56. The van der Waals surface area contributed by atoms with Gasteiger partial charge in [0.15, 0.2) is 11.6 Å². The van der Waals surface area contributed by atoms with Crippen molar-refractivity contribution in [3.05, 3.63) is 23.8 Å². The minimum Gasteiger partial charge on any atom is -0.381 e. The van der Waals surface area contributed by atoms with Crippen molar-refractivity contribution in [3.8, 4) is 0 Å². The van der Waals surface area contributed by atoms with Crippen molar-refractivity contribution in [3.63, 3.8) is 0 Å². The summed E-state index contributed by atoms with van der Waals surface area (Å²) in [6.45, 7) is 4.41. The van der Waals surface area contributed by atoms with Crippen LogP contribution >= 0.6 is 31.9 Å². The van der Waals surface area contributed by atoms with E-state index in [0.29, 0.717) is 24.2 Å². The molecule has 0 saturated heterocycles. The third-order valence-corrected chi connectivity index (χ3v) is 9.15. The van der Waals surface area contributed by atoms with Gasteiger partial charge < -0.3 is 5.11 Å². The molecule has 0 amide bonds. The van der Waals surface area contributed by atoms with Crippen LogP contribution in [0.3, 0.4) is 0 Å². The average Bonchev–Trinajstić information content (AvgIpc) is 2.87. The Bertz CT molecular complexity index is 727. The lowest BCUT2D eigenvalue weighted by atomic mass is 9.47. The van der Waals surface area contributed by atoms with E-state index in [-0.39, 0.29) is 22.4 Å². The van der Waals surface area contributed by atoms with Crippen LogP contribution in [-0.4, -0.2) is 26.0 Å². The van der Waals surface area contributed by atoms with Gasteiger partial charge in [0.2, 0.25) is 0 Å². The minimum absolute atomic E-state index is 0.0454. The molecule has 0 bridgehead atoms. The van der Waals surface area contributed by atoms with Crippen LogP contribution in [0.1, 0.15) is 52.4 Å². The van der Waals surface area contributed by atoms with Crippen LogP contribution in [0.2, 0.25) is 0 Å². The number of alkyl halides is 2. The largest absolute Gasteiger partial charge is 0.381 e. The number of ketones is 2. The summed E-state index contributed by atoms with van der Waals surface area (Å²) in [5.41, 5.74) is -0.386. The van der Waals surface area contributed by atoms with Crippen molar-refractivity contribution in [2.45, 2.75) is 61.7 Å². The quantitative estimate of drug-likeness (QED) is 0.576. The SMILES string of the molecule is C[C@]12C=CC(=O)C=C1CC[C@@H]1[C@@H]2CC[C@@]2(C)[C@H]1CC[C@]2(O)C(=O)C(Br)Br. The summed E-state index contributed by atoms with van der Waals surface area (Å²) in [6, 6.07) is 0. The lowest BCUT2D eigenvalue weighted by Gasteiger charge is -2.58. The zero-order chi connectivity index (χ0) is 18.9. The highest BCUT2D eigenvalue weighted by Crippen LogP contribution is 2.67. The summed E-state index contributed by atoms with van der Waals surface area (Å²) in [5.74, 6) is 1.33. The van der Waals surface area contributed by atoms with Gasteiger partial charge in [0, 0.05) is 10.8 Å². The van der Waals surface area contributed by atoms with E-state index in [4.69, 9.17) is 0 Å². The maximum atomic E-state index is 12.8. The summed E-state index contributed by atoms with van der Waals surface area (Å²) in [4.78, 5) is 24.6. The highest BCUT2D eigenvalue weighted by Gasteiger charge is 2.66. The third-order valence-electron chi connectivity index (χ3n) is 8.31. The van der Waals surface area contributed by atoms with Gasteiger partial charge in [0.25, 0.3) is 0 Å². The maximum Gasteiger partial charge on any atom is 0.189 e. The number of carbonyl (C=O) groups excluding carboxylic acids is 2. The van der Waals surface area contributed by atoms with Crippen molar-refractivity contribution in [1.29, 1.82) is 0 Å². The summed E-state index contributed by atoms with van der Waals surface area (Å²) < 4.78 is -0.501. The zero-order valence-corrected chi connectivity index (χ0v) is 18.5. The number of allylic oxidation sites excluding steroid dienone is 4. The molecule has 0 heterocycles. The van der Waals surface area contributed by atoms with Gasteiger partial charge in [-0.2, -0.15) is 0 Å². The standard InChI is InChI=1S/C21H26Br2O3/c1-19-8-5-13(24)11-12(19)3-4-14-15(19)6-9-20(2)16(14)7-10-21(20,26)17(25)18(22)23/h5,8,11,14-16,18,26H,3-4,6-7,9-10H2,1-2H3/t14-,15+,16+,19+,20+,21+/m1/s1. The number of hydrogen-bond acceptors (Lipinski definition) is 3. The summed E-state index contributed by atoms with van der Waals surface area (Å²) in [6.07, 6.45) is 11.0. The molecule has 0 radical (unpaired) electrons. The van der Waals surface area contributed by atoms with Crippen LogP contribution in [0, 0.1) is 28.6 Å². The van der Waals surface area contributed by atoms with E-state index in [1.54, 1.807) is 6.08 Å². The second kappa shape index (κ2) is 6.12. The minimum atomic E-state index is -1.25. The Labute approximate surface area is 171 Å². The molecule has 6 atom stereocenters. The lowest BCUT2D eigenvalue weighted by molar-refractivity contribution is -0.158. The number of carbonyl (C=O) groups is 2. The van der Waals surface area contributed by atoms with Gasteiger partial charge in [0.1, 0.15) is 9.34 Å². The molecule has 5 heteroatoms. The second-order valence-corrected chi connectivity index (χ2v) is 12.2. The van der Waals surface area contributed by atoms with Crippen LogP contribution in [0.5, 0.6) is 0 Å². The topological polar surface area (TPSA) is 54.4 Å². The lowest BCUT2D eigenvalue weighted by Crippen LogP contribution is -2.58. The van der Waals surface area contributed by atoms with Crippen molar-refractivity contribution >= 4 is 43.4 Å². The van der Waals surface area contributed by atoms with Crippen LogP contribution < -0.4 is 0 Å². The second-order valence-electron chi connectivity index (χ2n) is 9.12. The van der Waals surface area contributed by atoms with Gasteiger partial charge in [-0.05, 0) is 68.4 Å². The summed E-state index contributed by atoms with van der Waals surface area (Å²) >= 11 is 6.63. The molecule has 0 spiro atoms. The fourth-order valence-electron chi connectivity index (χ4n) is 6.80. The smallest absolute Gasteiger partial charge is 0.189 e. The number of fused-ring (bicyclic) bond motifs is 5. The molecule has 0 aliphatic heterocycles. The third kappa shape index (κ3) is 2.39. The Morgan fingerprint density at radius 3 is 2.58 bits per heavy atom. The predicted molar refractivity (Wildman–Crippen MR) is 108 cm³/mol. The fraction of sp³-hybridized carbons (Fsp3) is 0.714. The highest BCUT2D eigenvalue weighted by molar-refractivity contribution is 9.25. The Kier molecular flexibility index (Phi) is 4.49. The monoisotopic (exact) mass is 484 g/mol. The van der Waals surface area contributed by atoms with Crippen LogP contribution in [0.4, 0.5) is 0 Å². The van der Waals surface area contributed by atoms with Crippen molar-refractivity contribution in [2.24, 2.45) is 28.6 Å². The Balaban J connectivity index is 1.69. The first-order valence-electron chi connectivity index (χ1n) is 9.62. The number of Topliss-reactive ketones (excluding diaryl/α,β-unsaturated/α-hetero) is 1. The molecule has 4 aliphatic carbocycles. The molecule has 1 N–H and O–H groups in total. The summed E-state index contributed by atoms with van der Waals surface area (Å²) in [5, 5.41) is 11.4. The first kappa shape index (κ1) is 19.1. The van der Waals surface area contributed by atoms with Crippen molar-refractivity contribution < 1.29 is 14.7 Å². The number of halogens is 2. The van der Waals surface area contributed by atoms with Crippen LogP contribution in [0.15, 0.2) is 23.8 Å². The van der Waals surface area contributed by atoms with Gasteiger partial charge in [0.05, 0.1) is 0 Å². The zero-order valence-electron chi connectivity index (χ0n) is 15.3. The molecule has 4 rings (SSSR count). The molecule has 3 nitrogen and oxygen atoms in total. The van der Waals surface area contributed by atoms with E-state index in [1.807, 2.05) is 6.08 Å². The van der Waals surface area contributed by atoms with Gasteiger partial charge in [-0.1, -0.05) is 57.4 Å². The van der Waals surface area contributed by atoms with Crippen LogP contribution in [0.25, 0.3) is 0 Å². The Morgan fingerprint density at radius 1 is 1.19 bits per heavy atom. The molecule has 0 unspecified atom stereocenters. The number of aliphatic hydroxyl groups is 1. The van der Waals surface area contributed by atoms with E-state index in [2.05, 4.69) is 51.8 Å². The van der Waals surface area contributed by atoms with Crippen molar-refractivity contribution in [2.75, 3.05) is 0 Å². The maximum absolute atomic E-state index is 12.8. The first-order chi connectivity index (χ1) is 12.1. The Morgan fingerprint density at radius 2 is 1.88 bits per heavy atom. The van der Waals surface area contributed by atoms with E-state index in [9.17, 15) is 14.7 Å². The molecule has 26 heavy (non-hydrogen) atoms. The number of rotatable bonds is 2. The molecular weight excluding hydrogens is 460 g/mol. The van der Waals surface area contributed by atoms with E-state index >= 15 is 0 Å². The molecule has 0 aromatic rings. The molecule has 142 valence electrons. The van der Waals surface area contributed by atoms with Gasteiger partial charge in [-0.3, -0.25) is 9.59 Å². The Hall–Kier alpha value is -0.260. The summed E-state index contributed by atoms with van der Waals surface area (Å²) in [7, 11) is 0. The van der Waals surface area contributed by atoms with Crippen molar-refractivity contribution in [1.82, 2.24) is 0 Å². The van der Waals surface area contributed by atoms with Gasteiger partial charge in [-0.25, -0.2) is 0 Å². The predicted octanol–water partition coefficient (Wildman–Crippen LogP) is 4.71. The highest BCUT2D eigenvalue weighted by atomic mass is 79.9. The molecule has 3 saturated carbocycles. The van der Waals surface area contributed by atoms with E-state index in [1.165, 1.54) is 5.57 Å². The molecule has 3 fully saturated rings. The molecule has 0 aromatic carbocycles. The van der Waals surface area contributed by atoms with Crippen LogP contribution in [-0.2, 0) is 9.59 Å². The first-order valence-corrected chi connectivity index (χ1v) is 11.5.